The topological polar surface area (TPSA) is 95.5 Å². The summed E-state index contributed by atoms with van der Waals surface area (Å²) in [6, 6.07) is 15.9. The maximum Gasteiger partial charge on any atom is 0.339 e. The van der Waals surface area contributed by atoms with Gasteiger partial charge >= 0.3 is 5.97 Å². The first-order chi connectivity index (χ1) is 14.9. The number of carboxylic acid groups (broad SMARTS) is 1. The molecule has 31 heavy (non-hydrogen) atoms. The standard InChI is InChI=1S/C23H28NO3P.CH2O2/c1-18-10-9-13-20(23(26)27-2)22(18)24-21(25)17-28(14-7-4-8-15-28)16-19-11-5-3-6-12-19;2-1-3/h3,5-6,9-13H,4,7-8,14-17H2,1-2H3;1H,(H,2,3). The Morgan fingerprint density at radius 3 is 2.32 bits per heavy atom. The number of rotatable bonds is 6. The number of ether oxygens (including phenoxy) is 1. The van der Waals surface area contributed by atoms with Crippen LogP contribution in [0.1, 0.15) is 40.7 Å². The molecule has 1 saturated heterocycles. The predicted octanol–water partition coefficient (Wildman–Crippen LogP) is 3.49. The van der Waals surface area contributed by atoms with E-state index >= 15 is 0 Å². The van der Waals surface area contributed by atoms with E-state index in [1.807, 2.05) is 25.1 Å². The minimum atomic E-state index is -1.39. The van der Waals surface area contributed by atoms with Crippen LogP contribution in [0.4, 0.5) is 5.69 Å². The third kappa shape index (κ3) is 7.18. The molecule has 0 aromatic heterocycles. The van der Waals surface area contributed by atoms with E-state index in [1.165, 1.54) is 44.3 Å². The minimum Gasteiger partial charge on any atom is -0.554 e. The summed E-state index contributed by atoms with van der Waals surface area (Å²) in [5.74, 6) is -0.406. The second kappa shape index (κ2) is 12.2. The van der Waals surface area contributed by atoms with Crippen LogP contribution in [0.5, 0.6) is 0 Å². The van der Waals surface area contributed by atoms with Crippen molar-refractivity contribution in [1.29, 1.82) is 0 Å². The zero-order valence-electron chi connectivity index (χ0n) is 18.1. The normalized spacial score (nSPS) is 14.5. The Morgan fingerprint density at radius 1 is 1.06 bits per heavy atom. The van der Waals surface area contributed by atoms with Crippen molar-refractivity contribution >= 4 is 31.3 Å². The number of esters is 1. The molecule has 0 aliphatic carbocycles. The Labute approximate surface area is 184 Å². The summed E-state index contributed by atoms with van der Waals surface area (Å²) >= 11 is 0. The van der Waals surface area contributed by atoms with Gasteiger partial charge in [0.25, 0.3) is 5.91 Å². The average Bonchev–Trinajstić information content (AvgIpc) is 2.76. The van der Waals surface area contributed by atoms with Gasteiger partial charge in [-0.2, -0.15) is 0 Å². The summed E-state index contributed by atoms with van der Waals surface area (Å²) in [6.07, 6.45) is 7.65. The fraction of sp³-hybridized carbons (Fsp3) is 0.375. The van der Waals surface area contributed by atoms with Crippen LogP contribution in [-0.2, 0) is 20.5 Å². The Hall–Kier alpha value is -2.72. The number of methoxy groups -OCH3 is 1. The van der Waals surface area contributed by atoms with E-state index in [0.29, 0.717) is 17.4 Å². The van der Waals surface area contributed by atoms with E-state index in [0.717, 1.165) is 11.7 Å². The summed E-state index contributed by atoms with van der Waals surface area (Å²) in [7, 11) is -0.0345. The Kier molecular flexibility index (Phi) is 9.67. The molecule has 0 atom stereocenters. The fourth-order valence-electron chi connectivity index (χ4n) is 4.12. The molecule has 0 unspecified atom stereocenters. The van der Waals surface area contributed by atoms with Crippen molar-refractivity contribution in [1.82, 2.24) is 0 Å². The van der Waals surface area contributed by atoms with E-state index in [2.05, 4.69) is 29.6 Å². The highest BCUT2D eigenvalue weighted by Crippen LogP contribution is 2.64. The molecule has 6 nitrogen and oxygen atoms in total. The fourth-order valence-corrected chi connectivity index (χ4v) is 8.55. The van der Waals surface area contributed by atoms with Crippen LogP contribution in [-0.4, -0.2) is 43.9 Å². The smallest absolute Gasteiger partial charge is 0.339 e. The Balaban J connectivity index is 0.00000107. The van der Waals surface area contributed by atoms with Crippen LogP contribution >= 0.6 is 7.26 Å². The average molecular weight is 443 g/mol. The largest absolute Gasteiger partial charge is 0.554 e. The molecule has 3 rings (SSSR count). The monoisotopic (exact) mass is 443 g/mol. The van der Waals surface area contributed by atoms with Gasteiger partial charge in [-0.15, -0.1) is 0 Å². The SMILES string of the molecule is COC(=O)c1cccc(C)c1NC(=O)C[P+]1(Cc2ccccc2)CCCCC1.O=C[O-]. The van der Waals surface area contributed by atoms with Gasteiger partial charge in [-0.3, -0.25) is 4.79 Å². The number of nitrogens with one attached hydrogen (secondary N) is 1. The summed E-state index contributed by atoms with van der Waals surface area (Å²) in [6.45, 7) is 1.40. The zero-order valence-corrected chi connectivity index (χ0v) is 19.0. The zero-order chi connectivity index (χ0) is 22.7. The maximum absolute atomic E-state index is 13.1. The van der Waals surface area contributed by atoms with Gasteiger partial charge in [0, 0.05) is 13.7 Å². The highest BCUT2D eigenvalue weighted by atomic mass is 31.2. The summed E-state index contributed by atoms with van der Waals surface area (Å²) in [5, 5.41) is 11.3. The molecule has 2 aromatic carbocycles. The van der Waals surface area contributed by atoms with E-state index in [4.69, 9.17) is 14.6 Å². The van der Waals surface area contributed by atoms with Gasteiger partial charge in [0.2, 0.25) is 0 Å². The predicted molar refractivity (Wildman–Crippen MR) is 123 cm³/mol. The summed E-state index contributed by atoms with van der Waals surface area (Å²) in [5.41, 5.74) is 3.19. The lowest BCUT2D eigenvalue weighted by Gasteiger charge is -2.31. The van der Waals surface area contributed by atoms with Crippen LogP contribution in [0.25, 0.3) is 0 Å². The minimum absolute atomic E-state index is 0.0191. The first-order valence-corrected chi connectivity index (χ1v) is 12.9. The van der Waals surface area contributed by atoms with Crippen molar-refractivity contribution in [3.05, 3.63) is 65.2 Å². The molecule has 1 N–H and O–H groups in total. The van der Waals surface area contributed by atoms with Gasteiger partial charge < -0.3 is 20.0 Å². The highest BCUT2D eigenvalue weighted by molar-refractivity contribution is 7.76. The molecule has 166 valence electrons. The second-order valence-corrected chi connectivity index (χ2v) is 12.0. The van der Waals surface area contributed by atoms with Gasteiger partial charge in [0.1, 0.15) is 6.16 Å². The lowest BCUT2D eigenvalue weighted by atomic mass is 10.1. The van der Waals surface area contributed by atoms with Crippen LogP contribution in [0.2, 0.25) is 0 Å². The Bertz CT molecular complexity index is 879. The summed E-state index contributed by atoms with van der Waals surface area (Å²) in [4.78, 5) is 33.4. The molecule has 1 heterocycles. The van der Waals surface area contributed by atoms with E-state index in [-0.39, 0.29) is 5.91 Å². The van der Waals surface area contributed by atoms with Crippen molar-refractivity contribution in [2.45, 2.75) is 32.3 Å². The summed E-state index contributed by atoms with van der Waals surface area (Å²) < 4.78 is 4.88. The molecular formula is C24H30NO5P. The molecule has 2 aromatic rings. The quantitative estimate of drug-likeness (QED) is 0.419. The van der Waals surface area contributed by atoms with Crippen LogP contribution in [0.15, 0.2) is 48.5 Å². The van der Waals surface area contributed by atoms with Gasteiger partial charge in [-0.1, -0.05) is 42.5 Å². The van der Waals surface area contributed by atoms with Crippen molar-refractivity contribution in [3.63, 3.8) is 0 Å². The molecule has 0 bridgehead atoms. The molecule has 0 saturated carbocycles. The number of benzene rings is 2. The van der Waals surface area contributed by atoms with Crippen LogP contribution in [0, 0.1) is 6.92 Å². The first kappa shape index (κ1) is 24.5. The van der Waals surface area contributed by atoms with Crippen molar-refractivity contribution in [2.24, 2.45) is 0 Å². The molecule has 0 radical (unpaired) electrons. The van der Waals surface area contributed by atoms with Crippen LogP contribution < -0.4 is 10.4 Å². The van der Waals surface area contributed by atoms with E-state index in [1.54, 1.807) is 6.07 Å². The third-order valence-corrected chi connectivity index (χ3v) is 10.1. The van der Waals surface area contributed by atoms with Crippen LogP contribution in [0.3, 0.4) is 0 Å². The number of amides is 1. The number of aryl methyl sites for hydroxylation is 1. The number of anilines is 1. The number of carbonyl (C=O) groups is 3. The van der Waals surface area contributed by atoms with Gasteiger partial charge in [-0.25, -0.2) is 4.79 Å². The molecule has 7 heteroatoms. The third-order valence-electron chi connectivity index (χ3n) is 5.55. The lowest BCUT2D eigenvalue weighted by Crippen LogP contribution is -2.25. The van der Waals surface area contributed by atoms with Crippen molar-refractivity contribution < 1.29 is 24.2 Å². The molecule has 1 aliphatic heterocycles. The first-order valence-electron chi connectivity index (χ1n) is 10.4. The molecule has 1 aliphatic rings. The number of hydrogen-bond donors (Lipinski definition) is 1. The molecule has 0 spiro atoms. The van der Waals surface area contributed by atoms with Gasteiger partial charge in [0.05, 0.1) is 36.8 Å². The second-order valence-electron chi connectivity index (χ2n) is 7.78. The molecular weight excluding hydrogens is 413 g/mol. The van der Waals surface area contributed by atoms with Gasteiger partial charge in [-0.05, 0) is 43.4 Å². The maximum atomic E-state index is 13.1. The van der Waals surface area contributed by atoms with E-state index < -0.39 is 19.7 Å². The van der Waals surface area contributed by atoms with E-state index in [9.17, 15) is 9.59 Å². The van der Waals surface area contributed by atoms with Gasteiger partial charge in [0.15, 0.2) is 0 Å². The molecule has 1 amide bonds. The number of para-hydroxylation sites is 1. The number of hydrogen-bond acceptors (Lipinski definition) is 5. The van der Waals surface area contributed by atoms with Crippen molar-refractivity contribution in [3.8, 4) is 0 Å². The number of carbonyl (C=O) groups excluding carboxylic acids is 3. The molecule has 1 fully saturated rings. The lowest BCUT2D eigenvalue weighted by molar-refractivity contribution is -0.283. The highest BCUT2D eigenvalue weighted by Gasteiger charge is 2.41. The van der Waals surface area contributed by atoms with Crippen molar-refractivity contribution in [2.75, 3.05) is 30.9 Å². The Morgan fingerprint density at radius 2 is 1.71 bits per heavy atom.